The Bertz CT molecular complexity index is 396. The van der Waals surface area contributed by atoms with E-state index in [1.165, 1.54) is 25.9 Å². The molecule has 142 valence electrons. The van der Waals surface area contributed by atoms with Crippen molar-refractivity contribution < 1.29 is 9.59 Å². The molecule has 6 nitrogen and oxygen atoms in total. The van der Waals surface area contributed by atoms with Crippen LogP contribution in [0, 0.1) is 5.92 Å². The molecule has 0 radical (unpaired) electrons. The van der Waals surface area contributed by atoms with Gasteiger partial charge in [-0.15, -0.1) is 24.8 Å². The van der Waals surface area contributed by atoms with Gasteiger partial charge in [0.2, 0.25) is 11.8 Å². The second-order valence-electron chi connectivity index (χ2n) is 6.84. The molecule has 1 atom stereocenters. The van der Waals surface area contributed by atoms with E-state index in [1.807, 2.05) is 18.7 Å². The molecule has 0 aromatic rings. The number of nitrogens with one attached hydrogen (secondary N) is 1. The van der Waals surface area contributed by atoms with Crippen LogP contribution in [-0.2, 0) is 9.59 Å². The number of hydrogen-bond acceptors (Lipinski definition) is 4. The zero-order valence-corrected chi connectivity index (χ0v) is 16.3. The van der Waals surface area contributed by atoms with Gasteiger partial charge in [-0.3, -0.25) is 9.59 Å². The summed E-state index contributed by atoms with van der Waals surface area (Å²) in [5.41, 5.74) is 5.77. The van der Waals surface area contributed by atoms with Crippen molar-refractivity contribution in [3.63, 3.8) is 0 Å². The lowest BCUT2D eigenvalue weighted by atomic mass is 10.0. The maximum absolute atomic E-state index is 12.2. The fourth-order valence-corrected chi connectivity index (χ4v) is 3.28. The summed E-state index contributed by atoms with van der Waals surface area (Å²) in [4.78, 5) is 28.4. The molecular weight excluding hydrogens is 351 g/mol. The summed E-state index contributed by atoms with van der Waals surface area (Å²) in [6.45, 7) is 7.87. The molecule has 0 spiro atoms. The average Bonchev–Trinajstić information content (AvgIpc) is 3.06. The first-order chi connectivity index (χ1) is 10.5. The highest BCUT2D eigenvalue weighted by atomic mass is 35.5. The second-order valence-corrected chi connectivity index (χ2v) is 6.84. The number of rotatable bonds is 5. The van der Waals surface area contributed by atoms with Crippen LogP contribution in [0.15, 0.2) is 0 Å². The molecule has 0 bridgehead atoms. The molecule has 0 aliphatic carbocycles. The number of piperidine rings is 1. The summed E-state index contributed by atoms with van der Waals surface area (Å²) < 4.78 is 0. The summed E-state index contributed by atoms with van der Waals surface area (Å²) in [7, 11) is 0. The molecule has 3 N–H and O–H groups in total. The molecule has 2 rings (SSSR count). The lowest BCUT2D eigenvalue weighted by Gasteiger charge is -2.36. The maximum Gasteiger partial charge on any atom is 0.241 e. The molecule has 0 aromatic carbocycles. The standard InChI is InChI=1S/C16H30N4O2.2ClH/c1-12(2)15(17)16(22)18-11-14(21)20-9-5-13(6-10-20)19-7-3-4-8-19;;/h12-13,15H,3-11,17H2,1-2H3,(H,18,22);2*1H/t15-;;/m0../s1. The van der Waals surface area contributed by atoms with Crippen molar-refractivity contribution in [3.05, 3.63) is 0 Å². The summed E-state index contributed by atoms with van der Waals surface area (Å²) in [5, 5.41) is 2.66. The summed E-state index contributed by atoms with van der Waals surface area (Å²) >= 11 is 0. The molecule has 0 saturated carbocycles. The van der Waals surface area contributed by atoms with E-state index in [-0.39, 0.29) is 49.1 Å². The normalized spacial score (nSPS) is 20.2. The quantitative estimate of drug-likeness (QED) is 0.743. The van der Waals surface area contributed by atoms with Gasteiger partial charge in [-0.2, -0.15) is 0 Å². The SMILES string of the molecule is CC(C)[C@H](N)C(=O)NCC(=O)N1CCC(N2CCCC2)CC1.Cl.Cl. The van der Waals surface area contributed by atoms with E-state index in [9.17, 15) is 9.59 Å². The van der Waals surface area contributed by atoms with Gasteiger partial charge in [0.05, 0.1) is 12.6 Å². The van der Waals surface area contributed by atoms with E-state index in [2.05, 4.69) is 10.2 Å². The van der Waals surface area contributed by atoms with Crippen LogP contribution in [0.1, 0.15) is 39.5 Å². The second kappa shape index (κ2) is 11.1. The van der Waals surface area contributed by atoms with Crippen LogP contribution >= 0.6 is 24.8 Å². The minimum Gasteiger partial charge on any atom is -0.346 e. The zero-order valence-electron chi connectivity index (χ0n) is 14.7. The lowest BCUT2D eigenvalue weighted by molar-refractivity contribution is -0.134. The van der Waals surface area contributed by atoms with E-state index in [0.717, 1.165) is 25.9 Å². The third-order valence-corrected chi connectivity index (χ3v) is 4.91. The van der Waals surface area contributed by atoms with Gasteiger partial charge in [-0.05, 0) is 44.7 Å². The third-order valence-electron chi connectivity index (χ3n) is 4.91. The summed E-state index contributed by atoms with van der Waals surface area (Å²) in [5.74, 6) is -0.161. The Morgan fingerprint density at radius 1 is 1.08 bits per heavy atom. The van der Waals surface area contributed by atoms with Crippen LogP contribution in [0.3, 0.4) is 0 Å². The van der Waals surface area contributed by atoms with Gasteiger partial charge in [-0.1, -0.05) is 13.8 Å². The Kier molecular flexibility index (Phi) is 10.9. The number of nitrogens with zero attached hydrogens (tertiary/aromatic N) is 2. The van der Waals surface area contributed by atoms with Gasteiger partial charge in [0.15, 0.2) is 0 Å². The lowest BCUT2D eigenvalue weighted by Crippen LogP contribution is -2.50. The van der Waals surface area contributed by atoms with Crippen molar-refractivity contribution in [2.24, 2.45) is 11.7 Å². The highest BCUT2D eigenvalue weighted by Crippen LogP contribution is 2.20. The molecule has 24 heavy (non-hydrogen) atoms. The van der Waals surface area contributed by atoms with Crippen molar-refractivity contribution in [2.45, 2.75) is 51.6 Å². The molecule has 2 saturated heterocycles. The van der Waals surface area contributed by atoms with E-state index in [4.69, 9.17) is 5.73 Å². The number of hydrogen-bond donors (Lipinski definition) is 2. The fraction of sp³-hybridized carbons (Fsp3) is 0.875. The van der Waals surface area contributed by atoms with Crippen molar-refractivity contribution >= 4 is 36.6 Å². The topological polar surface area (TPSA) is 78.7 Å². The first kappa shape index (κ1) is 23.4. The molecule has 0 unspecified atom stereocenters. The van der Waals surface area contributed by atoms with Gasteiger partial charge < -0.3 is 20.9 Å². The first-order valence-corrected chi connectivity index (χ1v) is 8.54. The summed E-state index contributed by atoms with van der Waals surface area (Å²) in [6, 6.07) is 0.0872. The zero-order chi connectivity index (χ0) is 16.1. The molecule has 2 aliphatic rings. The van der Waals surface area contributed by atoms with Crippen LogP contribution in [-0.4, -0.2) is 66.4 Å². The summed E-state index contributed by atoms with van der Waals surface area (Å²) in [6.07, 6.45) is 4.71. The Balaban J connectivity index is 0.00000264. The smallest absolute Gasteiger partial charge is 0.241 e. The number of amides is 2. The Hall–Kier alpha value is -0.560. The van der Waals surface area contributed by atoms with E-state index in [0.29, 0.717) is 6.04 Å². The van der Waals surface area contributed by atoms with Crippen LogP contribution in [0.5, 0.6) is 0 Å². The first-order valence-electron chi connectivity index (χ1n) is 8.54. The highest BCUT2D eigenvalue weighted by Gasteiger charge is 2.28. The minimum atomic E-state index is -0.547. The van der Waals surface area contributed by atoms with Crippen molar-refractivity contribution in [3.8, 4) is 0 Å². The fourth-order valence-electron chi connectivity index (χ4n) is 3.28. The molecular formula is C16H32Cl2N4O2. The van der Waals surface area contributed by atoms with Crippen molar-refractivity contribution in [1.82, 2.24) is 15.1 Å². The number of carbonyl (C=O) groups excluding carboxylic acids is 2. The number of likely N-dealkylation sites (tertiary alicyclic amines) is 2. The van der Waals surface area contributed by atoms with Gasteiger partial charge in [0.1, 0.15) is 0 Å². The monoisotopic (exact) mass is 382 g/mol. The van der Waals surface area contributed by atoms with Crippen LogP contribution < -0.4 is 11.1 Å². The van der Waals surface area contributed by atoms with Crippen molar-refractivity contribution in [1.29, 1.82) is 0 Å². The van der Waals surface area contributed by atoms with Crippen LogP contribution in [0.2, 0.25) is 0 Å². The maximum atomic E-state index is 12.2. The average molecular weight is 383 g/mol. The van der Waals surface area contributed by atoms with Crippen LogP contribution in [0.4, 0.5) is 0 Å². The van der Waals surface area contributed by atoms with E-state index >= 15 is 0 Å². The van der Waals surface area contributed by atoms with E-state index in [1.54, 1.807) is 0 Å². The molecule has 2 heterocycles. The minimum absolute atomic E-state index is 0. The number of halogens is 2. The predicted octanol–water partition coefficient (Wildman–Crippen LogP) is 1.02. The largest absolute Gasteiger partial charge is 0.346 e. The highest BCUT2D eigenvalue weighted by molar-refractivity contribution is 5.87. The van der Waals surface area contributed by atoms with Gasteiger partial charge in [-0.25, -0.2) is 0 Å². The Labute approximate surface area is 157 Å². The molecule has 2 amide bonds. The van der Waals surface area contributed by atoms with Crippen molar-refractivity contribution in [2.75, 3.05) is 32.7 Å². The predicted molar refractivity (Wildman–Crippen MR) is 101 cm³/mol. The molecule has 8 heteroatoms. The number of carbonyl (C=O) groups is 2. The third kappa shape index (κ3) is 6.39. The van der Waals surface area contributed by atoms with Gasteiger partial charge in [0, 0.05) is 19.1 Å². The molecule has 0 aromatic heterocycles. The van der Waals surface area contributed by atoms with Gasteiger partial charge >= 0.3 is 0 Å². The molecule has 2 fully saturated rings. The number of nitrogens with two attached hydrogens (primary N) is 1. The van der Waals surface area contributed by atoms with Gasteiger partial charge in [0.25, 0.3) is 0 Å². The Morgan fingerprint density at radius 3 is 2.12 bits per heavy atom. The van der Waals surface area contributed by atoms with Crippen LogP contribution in [0.25, 0.3) is 0 Å². The molecule has 2 aliphatic heterocycles. The van der Waals surface area contributed by atoms with E-state index < -0.39 is 6.04 Å². The Morgan fingerprint density at radius 2 is 1.62 bits per heavy atom.